The third-order valence-corrected chi connectivity index (χ3v) is 7.73. The van der Waals surface area contributed by atoms with Crippen molar-refractivity contribution in [1.29, 1.82) is 0 Å². The van der Waals surface area contributed by atoms with Crippen molar-refractivity contribution in [1.82, 2.24) is 20.1 Å². The average Bonchev–Trinajstić information content (AvgIpc) is 3.12. The van der Waals surface area contributed by atoms with Crippen LogP contribution in [0.1, 0.15) is 70.6 Å². The van der Waals surface area contributed by atoms with E-state index in [9.17, 15) is 14.7 Å². The number of rotatable bonds is 7. The Morgan fingerprint density at radius 1 is 1.00 bits per heavy atom. The maximum atomic E-state index is 12.7. The quantitative estimate of drug-likeness (QED) is 0.458. The van der Waals surface area contributed by atoms with Crippen LogP contribution in [0.25, 0.3) is 0 Å². The third kappa shape index (κ3) is 4.61. The minimum atomic E-state index is -0.406. The number of carbonyl (C=O) groups excluding carboxylic acids is 2. The molecule has 0 radical (unpaired) electrons. The molecule has 1 aromatic heterocycles. The van der Waals surface area contributed by atoms with Crippen molar-refractivity contribution < 1.29 is 14.7 Å². The first kappa shape index (κ1) is 24.4. The second kappa shape index (κ2) is 10.4. The maximum Gasteiger partial charge on any atom is 0.261 e. The second-order valence-electron chi connectivity index (χ2n) is 10.1. The Hall–Kier alpha value is -3.29. The van der Waals surface area contributed by atoms with E-state index in [-0.39, 0.29) is 29.9 Å². The molecule has 2 aromatic rings. The zero-order valence-electron chi connectivity index (χ0n) is 20.9. The molecule has 2 N–H and O–H groups in total. The van der Waals surface area contributed by atoms with E-state index in [4.69, 9.17) is 4.98 Å². The van der Waals surface area contributed by atoms with E-state index in [1.54, 1.807) is 24.3 Å². The minimum Gasteiger partial charge on any atom is -0.393 e. The molecular weight excluding hydrogens is 452 g/mol. The van der Waals surface area contributed by atoms with Crippen LogP contribution >= 0.6 is 0 Å². The lowest BCUT2D eigenvalue weighted by molar-refractivity contribution is -0.0118. The zero-order valence-corrected chi connectivity index (χ0v) is 20.9. The highest BCUT2D eigenvalue weighted by Crippen LogP contribution is 2.38. The maximum absolute atomic E-state index is 12.7. The summed E-state index contributed by atoms with van der Waals surface area (Å²) >= 11 is 0. The molecule has 36 heavy (non-hydrogen) atoms. The first-order chi connectivity index (χ1) is 17.5. The highest BCUT2D eigenvalue weighted by atomic mass is 16.3. The fourth-order valence-electron chi connectivity index (χ4n) is 5.91. The summed E-state index contributed by atoms with van der Waals surface area (Å²) in [7, 11) is 0. The first-order valence-electron chi connectivity index (χ1n) is 12.9. The number of amides is 2. The second-order valence-corrected chi connectivity index (χ2v) is 10.1. The van der Waals surface area contributed by atoms with E-state index in [2.05, 4.69) is 36.2 Å². The molecule has 3 aliphatic heterocycles. The van der Waals surface area contributed by atoms with E-state index < -0.39 is 6.10 Å². The lowest BCUT2D eigenvalue weighted by atomic mass is 9.83. The summed E-state index contributed by atoms with van der Waals surface area (Å²) in [5, 5.41) is 14.4. The SMILES string of the molecule is CC1=CC=CN[C@H]1C1C[C@H](O)C[C@@H](c2ncccc2C)N1CCCCN1C(=O)c2ccccc2C1=O. The Morgan fingerprint density at radius 3 is 2.42 bits per heavy atom. The normalized spacial score (nSPS) is 26.1. The molecule has 1 unspecified atom stereocenters. The number of aryl methyl sites for hydroxylation is 1. The lowest BCUT2D eigenvalue weighted by Crippen LogP contribution is -2.56. The largest absolute Gasteiger partial charge is 0.393 e. The number of likely N-dealkylation sites (tertiary alicyclic amines) is 1. The molecule has 0 bridgehead atoms. The monoisotopic (exact) mass is 486 g/mol. The number of dihydropyridines is 1. The Balaban J connectivity index is 1.32. The predicted octanol–water partition coefficient (Wildman–Crippen LogP) is 3.76. The van der Waals surface area contributed by atoms with Gasteiger partial charge < -0.3 is 10.4 Å². The molecule has 5 rings (SSSR count). The number of hydrogen-bond donors (Lipinski definition) is 2. The van der Waals surface area contributed by atoms with Gasteiger partial charge in [-0.2, -0.15) is 0 Å². The van der Waals surface area contributed by atoms with E-state index in [0.29, 0.717) is 30.5 Å². The fraction of sp³-hybridized carbons (Fsp3) is 0.414. The van der Waals surface area contributed by atoms with Gasteiger partial charge >= 0.3 is 0 Å². The van der Waals surface area contributed by atoms with Crippen LogP contribution < -0.4 is 5.32 Å². The Morgan fingerprint density at radius 2 is 1.72 bits per heavy atom. The number of unbranched alkanes of at least 4 members (excludes halogenated alkanes) is 1. The van der Waals surface area contributed by atoms with Gasteiger partial charge in [-0.3, -0.25) is 24.4 Å². The molecule has 4 heterocycles. The number of benzene rings is 1. The zero-order chi connectivity index (χ0) is 25.2. The number of hydrogen-bond acceptors (Lipinski definition) is 6. The van der Waals surface area contributed by atoms with Crippen LogP contribution in [0.4, 0.5) is 0 Å². The van der Waals surface area contributed by atoms with Gasteiger partial charge in [0.15, 0.2) is 0 Å². The van der Waals surface area contributed by atoms with Gasteiger partial charge in [-0.05, 0) is 87.7 Å². The van der Waals surface area contributed by atoms with Gasteiger partial charge in [-0.1, -0.05) is 24.3 Å². The number of carbonyl (C=O) groups is 2. The summed E-state index contributed by atoms with van der Waals surface area (Å²) in [5.41, 5.74) is 4.36. The molecule has 0 aliphatic carbocycles. The summed E-state index contributed by atoms with van der Waals surface area (Å²) < 4.78 is 0. The number of nitrogens with zero attached hydrogens (tertiary/aromatic N) is 3. The molecule has 2 amide bonds. The van der Waals surface area contributed by atoms with Crippen molar-refractivity contribution in [2.45, 2.75) is 63.8 Å². The van der Waals surface area contributed by atoms with Crippen molar-refractivity contribution in [3.63, 3.8) is 0 Å². The van der Waals surface area contributed by atoms with Crippen LogP contribution in [0, 0.1) is 6.92 Å². The number of piperidine rings is 1. The van der Waals surface area contributed by atoms with Crippen LogP contribution in [0.3, 0.4) is 0 Å². The number of imide groups is 1. The summed E-state index contributed by atoms with van der Waals surface area (Å²) in [6.07, 6.45) is 10.4. The van der Waals surface area contributed by atoms with Crippen molar-refractivity contribution >= 4 is 11.8 Å². The van der Waals surface area contributed by atoms with Crippen LogP contribution in [-0.2, 0) is 0 Å². The molecule has 188 valence electrons. The van der Waals surface area contributed by atoms with Crippen molar-refractivity contribution in [2.24, 2.45) is 0 Å². The number of allylic oxidation sites excluding steroid dienone is 2. The first-order valence-corrected chi connectivity index (χ1v) is 12.9. The van der Waals surface area contributed by atoms with Gasteiger partial charge in [-0.15, -0.1) is 0 Å². The number of aromatic nitrogens is 1. The Labute approximate surface area is 212 Å². The number of fused-ring (bicyclic) bond motifs is 1. The van der Waals surface area contributed by atoms with Crippen LogP contribution in [0.5, 0.6) is 0 Å². The minimum absolute atomic E-state index is 0.000221. The summed E-state index contributed by atoms with van der Waals surface area (Å²) in [6.45, 7) is 5.40. The van der Waals surface area contributed by atoms with Gasteiger partial charge in [0.25, 0.3) is 11.8 Å². The predicted molar refractivity (Wildman–Crippen MR) is 138 cm³/mol. The van der Waals surface area contributed by atoms with Crippen LogP contribution in [0.15, 0.2) is 66.5 Å². The highest BCUT2D eigenvalue weighted by molar-refractivity contribution is 6.21. The average molecular weight is 487 g/mol. The van der Waals surface area contributed by atoms with E-state index in [1.165, 1.54) is 10.5 Å². The number of aliphatic hydroxyl groups excluding tert-OH is 1. The molecule has 3 aliphatic rings. The molecule has 7 heteroatoms. The van der Waals surface area contributed by atoms with Gasteiger partial charge in [0.05, 0.1) is 35.0 Å². The standard InChI is InChI=1S/C29H34N4O3/c1-19-9-7-13-30-26(19)24-17-21(34)18-25(27-20(2)10-8-14-31-27)32(24)15-5-6-16-33-28(35)22-11-3-4-12-23(22)29(33)36/h3-4,7-14,21,24-26,30,34H,5-6,15-18H2,1-2H3/t21-,24?,25-,26+/m0/s1. The number of pyridine rings is 1. The third-order valence-electron chi connectivity index (χ3n) is 7.73. The van der Waals surface area contributed by atoms with Crippen molar-refractivity contribution in [3.05, 3.63) is 88.9 Å². The fourth-order valence-corrected chi connectivity index (χ4v) is 5.91. The molecule has 0 spiro atoms. The lowest BCUT2D eigenvalue weighted by Gasteiger charge is -2.48. The number of nitrogens with one attached hydrogen (secondary N) is 1. The van der Waals surface area contributed by atoms with Crippen molar-refractivity contribution in [2.75, 3.05) is 13.1 Å². The molecule has 0 saturated carbocycles. The van der Waals surface area contributed by atoms with Crippen LogP contribution in [-0.4, -0.2) is 63.0 Å². The molecule has 7 nitrogen and oxygen atoms in total. The van der Waals surface area contributed by atoms with Crippen molar-refractivity contribution in [3.8, 4) is 0 Å². The molecule has 4 atom stereocenters. The van der Waals surface area contributed by atoms with E-state index in [1.807, 2.05) is 24.5 Å². The molecule has 1 saturated heterocycles. The molecule has 1 aromatic carbocycles. The summed E-state index contributed by atoms with van der Waals surface area (Å²) in [4.78, 5) is 34.1. The Kier molecular flexibility index (Phi) is 7.03. The highest BCUT2D eigenvalue weighted by Gasteiger charge is 2.41. The molecular formula is C29H34N4O3. The van der Waals surface area contributed by atoms with Gasteiger partial charge in [0, 0.05) is 18.8 Å². The van der Waals surface area contributed by atoms with Crippen LogP contribution in [0.2, 0.25) is 0 Å². The smallest absolute Gasteiger partial charge is 0.261 e. The molecule has 1 fully saturated rings. The topological polar surface area (TPSA) is 85.8 Å². The van der Waals surface area contributed by atoms with Gasteiger partial charge in [-0.25, -0.2) is 0 Å². The Bertz CT molecular complexity index is 1170. The number of aliphatic hydroxyl groups is 1. The van der Waals surface area contributed by atoms with E-state index in [0.717, 1.165) is 30.6 Å². The summed E-state index contributed by atoms with van der Waals surface area (Å²) in [5.74, 6) is -0.397. The summed E-state index contributed by atoms with van der Waals surface area (Å²) in [6, 6.07) is 11.3. The van der Waals surface area contributed by atoms with Gasteiger partial charge in [0.1, 0.15) is 0 Å². The van der Waals surface area contributed by atoms with Gasteiger partial charge in [0.2, 0.25) is 0 Å². The van der Waals surface area contributed by atoms with E-state index >= 15 is 0 Å².